The van der Waals surface area contributed by atoms with Crippen molar-refractivity contribution in [3.05, 3.63) is 0 Å². The second kappa shape index (κ2) is 8.02. The molecule has 0 rings (SSSR count). The van der Waals surface area contributed by atoms with E-state index in [1.807, 2.05) is 0 Å². The molecule has 27 heavy (non-hydrogen) atoms. The van der Waals surface area contributed by atoms with Gasteiger partial charge in [-0.2, -0.15) is 57.1 Å². The van der Waals surface area contributed by atoms with Crippen LogP contribution in [0.15, 0.2) is 0 Å². The molecule has 0 N–H and O–H groups in total. The Labute approximate surface area is 164 Å². The molecule has 0 amide bonds. The van der Waals surface area contributed by atoms with Gasteiger partial charge < -0.3 is 4.55 Å². The number of halogens is 13. The molecule has 0 heterocycles. The zero-order chi connectivity index (χ0) is 21.6. The van der Waals surface area contributed by atoms with E-state index >= 15 is 0 Å². The van der Waals surface area contributed by atoms with E-state index in [0.29, 0.717) is 0 Å². The van der Waals surface area contributed by atoms with E-state index in [-0.39, 0.29) is 29.6 Å². The minimum atomic E-state index is -7.83. The molecule has 0 aromatic carbocycles. The third-order valence-electron chi connectivity index (χ3n) is 2.88. The standard InChI is InChI=1S/C9H7F13O3S.Na/c10-4(11,2-1-3-5(12,13)14)6(15,16)7(17,18)8(19,20)9(21,22)26(23,24)25;/h1-3H2,(H,23,24,25);/q;+1/p-1. The number of hydrogen-bond acceptors (Lipinski definition) is 3. The van der Waals surface area contributed by atoms with E-state index in [2.05, 4.69) is 0 Å². The Morgan fingerprint density at radius 2 is 1.00 bits per heavy atom. The Morgan fingerprint density at radius 3 is 1.30 bits per heavy atom. The van der Waals surface area contributed by atoms with Crippen molar-refractivity contribution in [1.29, 1.82) is 0 Å². The van der Waals surface area contributed by atoms with Crippen molar-refractivity contribution in [3.8, 4) is 0 Å². The summed E-state index contributed by atoms with van der Waals surface area (Å²) in [7, 11) is -7.73. The third kappa shape index (κ3) is 5.33. The first-order valence-corrected chi connectivity index (χ1v) is 7.28. The van der Waals surface area contributed by atoms with Crippen molar-refractivity contribution in [2.24, 2.45) is 0 Å². The summed E-state index contributed by atoms with van der Waals surface area (Å²) in [4.78, 5) is 0. The van der Waals surface area contributed by atoms with Crippen molar-refractivity contribution < 1.29 is 99.6 Å². The van der Waals surface area contributed by atoms with Gasteiger partial charge in [0.15, 0.2) is 10.1 Å². The van der Waals surface area contributed by atoms with Gasteiger partial charge >= 0.3 is 64.7 Å². The first kappa shape index (κ1) is 29.2. The molecule has 0 bridgehead atoms. The van der Waals surface area contributed by atoms with Crippen molar-refractivity contribution in [2.45, 2.75) is 54.4 Å². The fraction of sp³-hybridized carbons (Fsp3) is 1.00. The summed E-state index contributed by atoms with van der Waals surface area (Å²) in [6, 6.07) is 0. The Bertz CT molecular complexity index is 613. The summed E-state index contributed by atoms with van der Waals surface area (Å²) < 4.78 is 195. The van der Waals surface area contributed by atoms with Gasteiger partial charge in [0.1, 0.15) is 0 Å². The largest absolute Gasteiger partial charge is 1.00 e. The monoisotopic (exact) mass is 464 g/mol. The molecule has 3 nitrogen and oxygen atoms in total. The van der Waals surface area contributed by atoms with E-state index in [4.69, 9.17) is 0 Å². The smallest absolute Gasteiger partial charge is 0.743 e. The van der Waals surface area contributed by atoms with Crippen LogP contribution in [-0.4, -0.2) is 48.1 Å². The van der Waals surface area contributed by atoms with E-state index < -0.39 is 64.5 Å². The minimum absolute atomic E-state index is 0. The van der Waals surface area contributed by atoms with Gasteiger partial charge in [0, 0.05) is 12.8 Å². The predicted octanol–water partition coefficient (Wildman–Crippen LogP) is 1.40. The van der Waals surface area contributed by atoms with Gasteiger partial charge in [-0.15, -0.1) is 0 Å². The molecule has 0 aliphatic heterocycles. The van der Waals surface area contributed by atoms with E-state index in [1.54, 1.807) is 0 Å². The van der Waals surface area contributed by atoms with Gasteiger partial charge in [-0.05, 0) is 6.42 Å². The van der Waals surface area contributed by atoms with Crippen LogP contribution >= 0.6 is 0 Å². The predicted molar refractivity (Wildman–Crippen MR) is 54.3 cm³/mol. The molecule has 0 aromatic heterocycles. The number of hydrogen-bond donors (Lipinski definition) is 0. The average molecular weight is 464 g/mol. The Hall–Kier alpha value is -0.000000000000000444. The van der Waals surface area contributed by atoms with Crippen LogP contribution in [0.1, 0.15) is 19.3 Å². The van der Waals surface area contributed by atoms with Crippen LogP contribution < -0.4 is 29.6 Å². The quantitative estimate of drug-likeness (QED) is 0.310. The molecule has 158 valence electrons. The summed E-state index contributed by atoms with van der Waals surface area (Å²) >= 11 is 0. The summed E-state index contributed by atoms with van der Waals surface area (Å²) in [5.74, 6) is -29.5. The molecule has 0 aromatic rings. The maximum Gasteiger partial charge on any atom is 1.00 e. The molecule has 0 unspecified atom stereocenters. The van der Waals surface area contributed by atoms with Crippen LogP contribution in [0.3, 0.4) is 0 Å². The summed E-state index contributed by atoms with van der Waals surface area (Å²) in [6.07, 6.45) is -12.2. The van der Waals surface area contributed by atoms with Gasteiger partial charge in [0.05, 0.1) is 0 Å². The van der Waals surface area contributed by atoms with Crippen molar-refractivity contribution in [3.63, 3.8) is 0 Å². The molecule has 0 fully saturated rings. The molecular formula is C9H6F13NaO3S. The second-order valence-electron chi connectivity index (χ2n) is 4.87. The van der Waals surface area contributed by atoms with E-state index in [1.165, 1.54) is 0 Å². The van der Waals surface area contributed by atoms with Crippen LogP contribution in [0, 0.1) is 0 Å². The summed E-state index contributed by atoms with van der Waals surface area (Å²) in [6.45, 7) is 0. The molecule has 0 saturated heterocycles. The van der Waals surface area contributed by atoms with Gasteiger partial charge in [0.25, 0.3) is 0 Å². The van der Waals surface area contributed by atoms with Crippen LogP contribution in [0.25, 0.3) is 0 Å². The zero-order valence-corrected chi connectivity index (χ0v) is 15.5. The maximum atomic E-state index is 13.1. The SMILES string of the molecule is O=S(=O)([O-])C(F)(F)C(F)(F)C(F)(F)C(F)(F)C(F)(F)CCCC(F)(F)F.[Na+]. The molecule has 0 spiro atoms. The van der Waals surface area contributed by atoms with Gasteiger partial charge in [-0.3, -0.25) is 0 Å². The molecule has 0 saturated carbocycles. The first-order valence-electron chi connectivity index (χ1n) is 5.87. The molecular weight excluding hydrogens is 458 g/mol. The van der Waals surface area contributed by atoms with Crippen LogP contribution in [-0.2, 0) is 10.1 Å². The van der Waals surface area contributed by atoms with E-state index in [0.717, 1.165) is 0 Å². The van der Waals surface area contributed by atoms with Crippen molar-refractivity contribution in [2.75, 3.05) is 0 Å². The molecule has 0 aliphatic rings. The Kier molecular flexibility index (Phi) is 8.68. The second-order valence-corrected chi connectivity index (χ2v) is 6.29. The van der Waals surface area contributed by atoms with Gasteiger partial charge in [0.2, 0.25) is 0 Å². The first-order chi connectivity index (χ1) is 11.0. The fourth-order valence-corrected chi connectivity index (χ4v) is 1.88. The zero-order valence-electron chi connectivity index (χ0n) is 12.7. The van der Waals surface area contributed by atoms with Crippen LogP contribution in [0.5, 0.6) is 0 Å². The van der Waals surface area contributed by atoms with E-state index in [9.17, 15) is 70.0 Å². The summed E-state index contributed by atoms with van der Waals surface area (Å²) in [5.41, 5.74) is 0. The fourth-order valence-electron chi connectivity index (χ4n) is 1.43. The van der Waals surface area contributed by atoms with Crippen LogP contribution in [0.2, 0.25) is 0 Å². The minimum Gasteiger partial charge on any atom is -0.743 e. The summed E-state index contributed by atoms with van der Waals surface area (Å²) in [5, 5.41) is -7.44. The van der Waals surface area contributed by atoms with Gasteiger partial charge in [-0.25, -0.2) is 8.42 Å². The third-order valence-corrected chi connectivity index (χ3v) is 3.76. The Morgan fingerprint density at radius 1 is 0.630 bits per heavy atom. The topological polar surface area (TPSA) is 57.2 Å². The number of rotatable bonds is 8. The Balaban J connectivity index is 0. The number of alkyl halides is 13. The van der Waals surface area contributed by atoms with Crippen molar-refractivity contribution in [1.82, 2.24) is 0 Å². The molecule has 0 aliphatic carbocycles. The normalized spacial score (nSPS) is 15.5. The molecule has 0 atom stereocenters. The maximum absolute atomic E-state index is 13.1. The van der Waals surface area contributed by atoms with Gasteiger partial charge in [-0.1, -0.05) is 0 Å². The molecule has 0 radical (unpaired) electrons. The van der Waals surface area contributed by atoms with Crippen LogP contribution in [0.4, 0.5) is 57.1 Å². The van der Waals surface area contributed by atoms with Crippen molar-refractivity contribution >= 4 is 10.1 Å². The molecule has 18 heteroatoms. The average Bonchev–Trinajstić information content (AvgIpc) is 2.34.